The van der Waals surface area contributed by atoms with Gasteiger partial charge in [-0.2, -0.15) is 0 Å². The second-order valence-corrected chi connectivity index (χ2v) is 2.98. The Morgan fingerprint density at radius 3 is 1.83 bits per heavy atom. The normalized spacial score (nSPS) is 14.6. The maximum atomic E-state index is 5.25. The summed E-state index contributed by atoms with van der Waals surface area (Å²) in [7, 11) is 4.70. The predicted octanol–water partition coefficient (Wildman–Crippen LogP) is 0.836. The van der Waals surface area contributed by atoms with Gasteiger partial charge in [-0.3, -0.25) is 0 Å². The predicted molar refractivity (Wildman–Crippen MR) is 38.9 cm³/mol. The summed E-state index contributed by atoms with van der Waals surface area (Å²) in [4.78, 5) is 0. The van der Waals surface area contributed by atoms with Crippen LogP contribution in [0.3, 0.4) is 0 Å². The molecule has 5 heteroatoms. The van der Waals surface area contributed by atoms with E-state index in [1.165, 1.54) is 0 Å². The van der Waals surface area contributed by atoms with Gasteiger partial charge in [-0.05, 0) is 0 Å². The Morgan fingerprint density at radius 1 is 1.25 bits per heavy atom. The van der Waals surface area contributed by atoms with E-state index in [4.69, 9.17) is 17.1 Å². The first-order chi connectivity index (χ1) is 5.70. The average molecular weight is 342 g/mol. The van der Waals surface area contributed by atoms with Gasteiger partial charge in [0.05, 0.1) is 0 Å². The molecule has 0 aromatic rings. The van der Waals surface area contributed by atoms with Gasteiger partial charge in [0.1, 0.15) is 0 Å². The molecule has 0 amide bonds. The molecule has 0 aliphatic rings. The van der Waals surface area contributed by atoms with Gasteiger partial charge in [0, 0.05) is 0 Å². The summed E-state index contributed by atoms with van der Waals surface area (Å²) in [5.41, 5.74) is 0. The van der Waals surface area contributed by atoms with Crippen LogP contribution in [0.1, 0.15) is 13.3 Å². The maximum absolute atomic E-state index is 5.25. The number of hydrogen-bond acceptors (Lipinski definition) is 4. The van der Waals surface area contributed by atoms with Crippen LogP contribution in [0.25, 0.3) is 0 Å². The van der Waals surface area contributed by atoms with E-state index in [0.29, 0.717) is 24.8 Å². The molecule has 0 N–H and O–H groups in total. The van der Waals surface area contributed by atoms with Crippen LogP contribution in [0.4, 0.5) is 0 Å². The molecule has 0 bridgehead atoms. The summed E-state index contributed by atoms with van der Waals surface area (Å²) in [6, 6.07) is 0. The van der Waals surface area contributed by atoms with E-state index in [0.717, 1.165) is 6.42 Å². The molecule has 0 saturated heterocycles. The first-order valence-electron chi connectivity index (χ1n) is 3.68. The van der Waals surface area contributed by atoms with Crippen LogP contribution in [0, 0.1) is 0 Å². The monoisotopic (exact) mass is 343 g/mol. The molecule has 0 aromatic carbocycles. The molecule has 0 radical (unpaired) electrons. The molecule has 0 heterocycles. The molecule has 0 fully saturated rings. The van der Waals surface area contributed by atoms with Crippen molar-refractivity contribution in [3.05, 3.63) is 0 Å². The number of rotatable bonds is 6. The zero-order valence-electron chi connectivity index (χ0n) is 7.92. The zero-order valence-corrected chi connectivity index (χ0v) is 11.5. The van der Waals surface area contributed by atoms with Crippen LogP contribution in [0.5, 0.6) is 0 Å². The number of hydrogen-bond donors (Lipinski definition) is 0. The second kappa shape index (κ2) is 6.21. The summed E-state index contributed by atoms with van der Waals surface area (Å²) in [6.45, 7) is 1.99. The van der Waals surface area contributed by atoms with E-state index in [1.54, 1.807) is 21.3 Å². The molecule has 0 aromatic heterocycles. The average Bonchev–Trinajstić information content (AvgIpc) is 2.14. The van der Waals surface area contributed by atoms with Crippen LogP contribution in [0.2, 0.25) is 0 Å². The topological polar surface area (TPSA) is 36.9 Å². The SMILES string of the molecule is CCC(OC)C(OC)(OC)[O][Hf]. The van der Waals surface area contributed by atoms with Crippen LogP contribution < -0.4 is 0 Å². The Labute approximate surface area is 88.7 Å². The third-order valence-corrected chi connectivity index (χ3v) is 2.78. The molecule has 0 aliphatic carbocycles. The first kappa shape index (κ1) is 12.7. The van der Waals surface area contributed by atoms with E-state index >= 15 is 0 Å². The minimum absolute atomic E-state index is 0.190. The Bertz CT molecular complexity index is 104. The molecule has 0 aliphatic heterocycles. The summed E-state index contributed by atoms with van der Waals surface area (Å²) in [5, 5.41) is 0. The van der Waals surface area contributed by atoms with E-state index in [1.807, 2.05) is 6.92 Å². The van der Waals surface area contributed by atoms with E-state index in [-0.39, 0.29) is 6.10 Å². The van der Waals surface area contributed by atoms with Crippen molar-refractivity contribution in [1.82, 2.24) is 0 Å². The van der Waals surface area contributed by atoms with Crippen molar-refractivity contribution < 1.29 is 41.9 Å². The molecule has 1 atom stereocenters. The molecule has 0 spiro atoms. The molecule has 0 saturated carbocycles. The van der Waals surface area contributed by atoms with Crippen molar-refractivity contribution in [2.24, 2.45) is 0 Å². The fraction of sp³-hybridized carbons (Fsp3) is 1.00. The van der Waals surface area contributed by atoms with Crippen molar-refractivity contribution >= 4 is 0 Å². The van der Waals surface area contributed by atoms with Gasteiger partial charge in [0.25, 0.3) is 0 Å². The summed E-state index contributed by atoms with van der Waals surface area (Å²) < 4.78 is 20.7. The molecular formula is C7H15HfO4. The molecule has 4 nitrogen and oxygen atoms in total. The fourth-order valence-electron chi connectivity index (χ4n) is 1.06. The Morgan fingerprint density at radius 2 is 1.75 bits per heavy atom. The number of ether oxygens (including phenoxy) is 3. The summed E-state index contributed by atoms with van der Waals surface area (Å²) in [5.74, 6) is -1.02. The summed E-state index contributed by atoms with van der Waals surface area (Å²) in [6.07, 6.45) is 0.588. The zero-order chi connectivity index (χ0) is 9.61. The van der Waals surface area contributed by atoms with Gasteiger partial charge in [-0.25, -0.2) is 0 Å². The van der Waals surface area contributed by atoms with Gasteiger partial charge in [0.2, 0.25) is 0 Å². The van der Waals surface area contributed by atoms with Crippen LogP contribution in [0.15, 0.2) is 0 Å². The molecular weight excluding hydrogens is 327 g/mol. The first-order valence-corrected chi connectivity index (χ1v) is 5.15. The third kappa shape index (κ3) is 2.60. The third-order valence-electron chi connectivity index (χ3n) is 1.76. The second-order valence-electron chi connectivity index (χ2n) is 2.25. The van der Waals surface area contributed by atoms with Gasteiger partial charge in [-0.15, -0.1) is 0 Å². The van der Waals surface area contributed by atoms with Crippen molar-refractivity contribution in [3.8, 4) is 0 Å². The van der Waals surface area contributed by atoms with Gasteiger partial charge >= 0.3 is 88.6 Å². The van der Waals surface area contributed by atoms with E-state index < -0.39 is 5.97 Å². The van der Waals surface area contributed by atoms with Crippen LogP contribution in [-0.2, 0) is 41.9 Å². The fourth-order valence-corrected chi connectivity index (χ4v) is 2.13. The molecule has 71 valence electrons. The summed E-state index contributed by atoms with van der Waals surface area (Å²) >= 11 is 0.542. The van der Waals surface area contributed by atoms with Gasteiger partial charge in [-0.1, -0.05) is 0 Å². The quantitative estimate of drug-likeness (QED) is 0.530. The van der Waals surface area contributed by atoms with Gasteiger partial charge < -0.3 is 0 Å². The molecule has 0 rings (SSSR count). The van der Waals surface area contributed by atoms with E-state index in [9.17, 15) is 0 Å². The Balaban J connectivity index is 4.42. The van der Waals surface area contributed by atoms with Crippen molar-refractivity contribution in [1.29, 1.82) is 0 Å². The Hall–Kier alpha value is 0.710. The van der Waals surface area contributed by atoms with Crippen molar-refractivity contribution in [2.75, 3.05) is 21.3 Å². The minimum atomic E-state index is -1.02. The van der Waals surface area contributed by atoms with Gasteiger partial charge in [0.15, 0.2) is 0 Å². The molecule has 12 heavy (non-hydrogen) atoms. The van der Waals surface area contributed by atoms with Crippen molar-refractivity contribution in [2.45, 2.75) is 25.4 Å². The van der Waals surface area contributed by atoms with Crippen LogP contribution >= 0.6 is 0 Å². The van der Waals surface area contributed by atoms with E-state index in [2.05, 4.69) is 0 Å². The van der Waals surface area contributed by atoms with Crippen molar-refractivity contribution in [3.63, 3.8) is 0 Å². The molecule has 1 unspecified atom stereocenters. The van der Waals surface area contributed by atoms with Crippen LogP contribution in [-0.4, -0.2) is 33.4 Å². The number of methoxy groups -OCH3 is 3. The standard InChI is InChI=1S/C7H15O4.Hf/c1-5-6(9-2)7(8,10-3)11-4;/h6H,5H2,1-4H3;/q-1;+1. The Kier molecular flexibility index (Phi) is 6.57.